The summed E-state index contributed by atoms with van der Waals surface area (Å²) in [5.41, 5.74) is 2.57. The molecule has 0 saturated carbocycles. The lowest BCUT2D eigenvalue weighted by Gasteiger charge is -2.29. The van der Waals surface area contributed by atoms with Crippen LogP contribution in [0.4, 0.5) is 0 Å². The molecule has 0 spiro atoms. The Balaban J connectivity index is 1.67. The maximum atomic E-state index is 13.7. The Morgan fingerprint density at radius 3 is 1.85 bits per heavy atom. The van der Waals surface area contributed by atoms with Gasteiger partial charge >= 0.3 is 0 Å². The second kappa shape index (κ2) is 9.82. The Bertz CT molecular complexity index is 1110. The van der Waals surface area contributed by atoms with Crippen molar-refractivity contribution in [2.45, 2.75) is 38.8 Å². The van der Waals surface area contributed by atoms with Crippen LogP contribution in [0.3, 0.4) is 0 Å². The van der Waals surface area contributed by atoms with Crippen molar-refractivity contribution in [3.8, 4) is 0 Å². The van der Waals surface area contributed by atoms with Crippen molar-refractivity contribution in [2.24, 2.45) is 5.92 Å². The Hall–Kier alpha value is -3.73. The highest BCUT2D eigenvalue weighted by molar-refractivity contribution is 6.22. The van der Waals surface area contributed by atoms with Gasteiger partial charge in [0.2, 0.25) is 5.91 Å². The highest BCUT2D eigenvalue weighted by Crippen LogP contribution is 2.27. The third-order valence-electron chi connectivity index (χ3n) is 5.94. The van der Waals surface area contributed by atoms with E-state index in [-0.39, 0.29) is 18.4 Å². The molecule has 0 radical (unpaired) electrons. The van der Waals surface area contributed by atoms with Crippen molar-refractivity contribution in [1.82, 2.24) is 10.2 Å². The van der Waals surface area contributed by atoms with Crippen molar-refractivity contribution >= 4 is 17.7 Å². The first-order chi connectivity index (χ1) is 16.0. The van der Waals surface area contributed by atoms with E-state index in [1.54, 1.807) is 24.3 Å². The van der Waals surface area contributed by atoms with Crippen molar-refractivity contribution in [3.63, 3.8) is 0 Å². The fourth-order valence-corrected chi connectivity index (χ4v) is 4.33. The topological polar surface area (TPSA) is 66.5 Å². The molecule has 3 aromatic carbocycles. The zero-order chi connectivity index (χ0) is 23.4. The number of carbonyl (C=O) groups is 3. The van der Waals surface area contributed by atoms with E-state index >= 15 is 0 Å². The number of carbonyl (C=O) groups excluding carboxylic acids is 3. The average molecular weight is 441 g/mol. The highest BCUT2D eigenvalue weighted by Gasteiger charge is 2.43. The summed E-state index contributed by atoms with van der Waals surface area (Å²) in [7, 11) is 0. The van der Waals surface area contributed by atoms with E-state index < -0.39 is 17.9 Å². The zero-order valence-electron chi connectivity index (χ0n) is 18.9. The molecular weight excluding hydrogens is 412 g/mol. The smallest absolute Gasteiger partial charge is 0.262 e. The maximum absolute atomic E-state index is 13.7. The Kier molecular flexibility index (Phi) is 6.68. The number of hydrogen-bond donors (Lipinski definition) is 1. The van der Waals surface area contributed by atoms with Gasteiger partial charge in [-0.2, -0.15) is 0 Å². The standard InChI is InChI=1S/C28H28N2O3/c1-19(2)17-24(21-13-7-4-8-14-21)29-26(31)25(18-20-11-5-3-6-12-20)30-27(32)22-15-9-10-16-23(22)28(30)33/h3-16,19,24-25H,17-18H2,1-2H3,(H,29,31)/t24-,25-/m0/s1. The molecule has 0 fully saturated rings. The van der Waals surface area contributed by atoms with Crippen LogP contribution in [0.5, 0.6) is 0 Å². The predicted octanol–water partition coefficient (Wildman–Crippen LogP) is 4.80. The molecule has 33 heavy (non-hydrogen) atoms. The molecule has 5 heteroatoms. The number of fused-ring (bicyclic) bond motifs is 1. The summed E-state index contributed by atoms with van der Waals surface area (Å²) in [6.07, 6.45) is 0.997. The van der Waals surface area contributed by atoms with E-state index in [1.165, 1.54) is 0 Å². The van der Waals surface area contributed by atoms with Crippen LogP contribution < -0.4 is 5.32 Å². The van der Waals surface area contributed by atoms with Crippen LogP contribution in [0.1, 0.15) is 58.2 Å². The monoisotopic (exact) mass is 440 g/mol. The zero-order valence-corrected chi connectivity index (χ0v) is 18.9. The maximum Gasteiger partial charge on any atom is 0.262 e. The van der Waals surface area contributed by atoms with Gasteiger partial charge in [-0.25, -0.2) is 0 Å². The van der Waals surface area contributed by atoms with Crippen LogP contribution in [-0.4, -0.2) is 28.7 Å². The van der Waals surface area contributed by atoms with Gasteiger partial charge in [0.05, 0.1) is 17.2 Å². The normalized spacial score (nSPS) is 14.8. The van der Waals surface area contributed by atoms with Crippen LogP contribution in [0, 0.1) is 5.92 Å². The second-order valence-electron chi connectivity index (χ2n) is 8.83. The molecule has 4 rings (SSSR count). The molecule has 1 aliphatic rings. The van der Waals surface area contributed by atoms with Gasteiger partial charge in [-0.15, -0.1) is 0 Å². The van der Waals surface area contributed by atoms with E-state index in [1.807, 2.05) is 60.7 Å². The summed E-state index contributed by atoms with van der Waals surface area (Å²) in [5.74, 6) is -0.830. The lowest BCUT2D eigenvalue weighted by atomic mass is 9.96. The Morgan fingerprint density at radius 2 is 1.30 bits per heavy atom. The van der Waals surface area contributed by atoms with Crippen molar-refractivity contribution in [1.29, 1.82) is 0 Å². The van der Waals surface area contributed by atoms with Crippen LogP contribution in [-0.2, 0) is 11.2 Å². The van der Waals surface area contributed by atoms with Crippen LogP contribution in [0.15, 0.2) is 84.9 Å². The first-order valence-electron chi connectivity index (χ1n) is 11.3. The fraction of sp³-hybridized carbons (Fsp3) is 0.250. The molecule has 0 bridgehead atoms. The van der Waals surface area contributed by atoms with Crippen LogP contribution >= 0.6 is 0 Å². The van der Waals surface area contributed by atoms with E-state index in [2.05, 4.69) is 19.2 Å². The van der Waals surface area contributed by atoms with Crippen LogP contribution in [0.25, 0.3) is 0 Å². The SMILES string of the molecule is CC(C)C[C@H](NC(=O)[C@H](Cc1ccccc1)N1C(=O)c2ccccc2C1=O)c1ccccc1. The minimum absolute atomic E-state index is 0.216. The minimum Gasteiger partial charge on any atom is -0.347 e. The largest absolute Gasteiger partial charge is 0.347 e. The first-order valence-corrected chi connectivity index (χ1v) is 11.3. The molecule has 168 valence electrons. The van der Waals surface area contributed by atoms with Crippen molar-refractivity contribution in [3.05, 3.63) is 107 Å². The van der Waals surface area contributed by atoms with Crippen LogP contribution in [0.2, 0.25) is 0 Å². The summed E-state index contributed by atoms with van der Waals surface area (Å²) in [6.45, 7) is 4.21. The summed E-state index contributed by atoms with van der Waals surface area (Å²) >= 11 is 0. The summed E-state index contributed by atoms with van der Waals surface area (Å²) in [6, 6.07) is 24.9. The molecule has 2 atom stereocenters. The van der Waals surface area contributed by atoms with E-state index in [0.717, 1.165) is 22.4 Å². The first kappa shape index (κ1) is 22.5. The molecule has 0 saturated heterocycles. The molecule has 3 aromatic rings. The van der Waals surface area contributed by atoms with Gasteiger partial charge in [-0.05, 0) is 35.6 Å². The number of hydrogen-bond acceptors (Lipinski definition) is 3. The fourth-order valence-electron chi connectivity index (χ4n) is 4.33. The van der Waals surface area contributed by atoms with Gasteiger partial charge in [0.15, 0.2) is 0 Å². The molecule has 3 amide bonds. The molecule has 5 nitrogen and oxygen atoms in total. The van der Waals surface area contributed by atoms with Crippen molar-refractivity contribution in [2.75, 3.05) is 0 Å². The number of rotatable bonds is 8. The third kappa shape index (κ3) is 4.87. The number of nitrogens with zero attached hydrogens (tertiary/aromatic N) is 1. The van der Waals surface area contributed by atoms with Gasteiger partial charge in [0, 0.05) is 6.42 Å². The Labute approximate surface area is 194 Å². The Morgan fingerprint density at radius 1 is 0.788 bits per heavy atom. The molecule has 0 unspecified atom stereocenters. The summed E-state index contributed by atoms with van der Waals surface area (Å²) < 4.78 is 0. The van der Waals surface area contributed by atoms with Gasteiger partial charge < -0.3 is 5.32 Å². The quantitative estimate of drug-likeness (QED) is 0.512. The van der Waals surface area contributed by atoms with Crippen molar-refractivity contribution < 1.29 is 14.4 Å². The van der Waals surface area contributed by atoms with Gasteiger partial charge in [0.25, 0.3) is 11.8 Å². The molecule has 1 heterocycles. The molecule has 1 aliphatic heterocycles. The molecule has 0 aromatic heterocycles. The number of nitrogens with one attached hydrogen (secondary N) is 1. The molecular formula is C28H28N2O3. The molecule has 1 N–H and O–H groups in total. The highest BCUT2D eigenvalue weighted by atomic mass is 16.2. The lowest BCUT2D eigenvalue weighted by Crippen LogP contribution is -2.51. The average Bonchev–Trinajstić information content (AvgIpc) is 3.08. The van der Waals surface area contributed by atoms with E-state index in [9.17, 15) is 14.4 Å². The molecule has 0 aliphatic carbocycles. The number of benzene rings is 3. The second-order valence-corrected chi connectivity index (χ2v) is 8.83. The predicted molar refractivity (Wildman–Crippen MR) is 128 cm³/mol. The number of amides is 3. The van der Waals surface area contributed by atoms with Gasteiger partial charge in [0.1, 0.15) is 6.04 Å². The summed E-state index contributed by atoms with van der Waals surface area (Å²) in [5, 5.41) is 3.14. The van der Waals surface area contributed by atoms with E-state index in [0.29, 0.717) is 17.0 Å². The third-order valence-corrected chi connectivity index (χ3v) is 5.94. The van der Waals surface area contributed by atoms with Gasteiger partial charge in [-0.1, -0.05) is 86.6 Å². The summed E-state index contributed by atoms with van der Waals surface area (Å²) in [4.78, 5) is 41.2. The lowest BCUT2D eigenvalue weighted by molar-refractivity contribution is -0.125. The number of imide groups is 1. The van der Waals surface area contributed by atoms with Gasteiger partial charge in [-0.3, -0.25) is 19.3 Å². The minimum atomic E-state index is -0.946. The van der Waals surface area contributed by atoms with E-state index in [4.69, 9.17) is 0 Å².